The average molecular weight is 238 g/mol. The molecule has 0 aromatic heterocycles. The monoisotopic (exact) mass is 238 g/mol. The van der Waals surface area contributed by atoms with Gasteiger partial charge in [-0.3, -0.25) is 0 Å². The lowest BCUT2D eigenvalue weighted by Crippen LogP contribution is -2.49. The Hall–Kier alpha value is -2.02. The summed E-state index contributed by atoms with van der Waals surface area (Å²) in [5.41, 5.74) is 6.18. The van der Waals surface area contributed by atoms with Gasteiger partial charge in [0.25, 0.3) is 0 Å². The molecule has 1 aliphatic rings. The molecule has 0 amide bonds. The van der Waals surface area contributed by atoms with Crippen molar-refractivity contribution in [1.82, 2.24) is 10.6 Å². The van der Waals surface area contributed by atoms with Crippen molar-refractivity contribution < 1.29 is 10.2 Å². The molecule has 1 atom stereocenters. The van der Waals surface area contributed by atoms with Crippen LogP contribution in [0.25, 0.3) is 0 Å². The molecule has 2 rings (SSSR count). The third-order valence-corrected chi connectivity index (χ3v) is 2.31. The summed E-state index contributed by atoms with van der Waals surface area (Å²) in [6.45, 7) is 0. The normalized spacial score (nSPS) is 19.6. The highest BCUT2D eigenvalue weighted by atomic mass is 32.1. The van der Waals surface area contributed by atoms with Gasteiger partial charge < -0.3 is 26.6 Å². The number of aliphatic imine (C=N–C) groups is 1. The second-order valence-electron chi connectivity index (χ2n) is 3.26. The predicted molar refractivity (Wildman–Crippen MR) is 63.0 cm³/mol. The van der Waals surface area contributed by atoms with Crippen LogP contribution in [0, 0.1) is 0 Å². The Kier molecular flexibility index (Phi) is 2.53. The molecule has 1 aliphatic heterocycles. The van der Waals surface area contributed by atoms with Gasteiger partial charge in [-0.05, 0) is 24.4 Å². The van der Waals surface area contributed by atoms with E-state index < -0.39 is 6.17 Å². The topological polar surface area (TPSA) is 103 Å². The summed E-state index contributed by atoms with van der Waals surface area (Å²) in [6.07, 6.45) is -0.458. The van der Waals surface area contributed by atoms with Crippen LogP contribution in [0.3, 0.4) is 0 Å². The van der Waals surface area contributed by atoms with Gasteiger partial charge in [0, 0.05) is 5.56 Å². The van der Waals surface area contributed by atoms with E-state index in [2.05, 4.69) is 15.6 Å². The van der Waals surface area contributed by atoms with Crippen LogP contribution in [0.1, 0.15) is 11.7 Å². The molecule has 7 heteroatoms. The van der Waals surface area contributed by atoms with E-state index in [1.165, 1.54) is 12.1 Å². The summed E-state index contributed by atoms with van der Waals surface area (Å²) < 4.78 is 0. The van der Waals surface area contributed by atoms with Gasteiger partial charge in [-0.15, -0.1) is 0 Å². The number of nitrogens with two attached hydrogens (primary N) is 1. The molecular weight excluding hydrogens is 228 g/mol. The van der Waals surface area contributed by atoms with Gasteiger partial charge in [0.1, 0.15) is 6.17 Å². The molecule has 1 unspecified atom stereocenters. The van der Waals surface area contributed by atoms with Gasteiger partial charge >= 0.3 is 0 Å². The minimum atomic E-state index is -0.458. The van der Waals surface area contributed by atoms with Crippen molar-refractivity contribution in [3.63, 3.8) is 0 Å². The second-order valence-corrected chi connectivity index (χ2v) is 3.67. The van der Waals surface area contributed by atoms with E-state index in [4.69, 9.17) is 18.0 Å². The number of hydrogen-bond acceptors (Lipinski definition) is 5. The van der Waals surface area contributed by atoms with Crippen LogP contribution in [0.4, 0.5) is 0 Å². The highest BCUT2D eigenvalue weighted by Crippen LogP contribution is 2.28. The maximum absolute atomic E-state index is 9.36. The lowest BCUT2D eigenvalue weighted by Gasteiger charge is -2.23. The number of hydrogen-bond donors (Lipinski definition) is 5. The molecule has 1 aromatic carbocycles. The van der Waals surface area contributed by atoms with Crippen molar-refractivity contribution in [2.24, 2.45) is 10.7 Å². The maximum atomic E-state index is 9.36. The molecule has 0 saturated heterocycles. The first kappa shape index (κ1) is 10.5. The first-order chi connectivity index (χ1) is 7.56. The lowest BCUT2D eigenvalue weighted by atomic mass is 10.1. The van der Waals surface area contributed by atoms with E-state index in [9.17, 15) is 10.2 Å². The maximum Gasteiger partial charge on any atom is 0.197 e. The first-order valence-electron chi connectivity index (χ1n) is 4.49. The largest absolute Gasteiger partial charge is 0.504 e. The highest BCUT2D eigenvalue weighted by molar-refractivity contribution is 7.80. The van der Waals surface area contributed by atoms with Crippen molar-refractivity contribution in [2.45, 2.75) is 6.17 Å². The third kappa shape index (κ3) is 1.98. The van der Waals surface area contributed by atoms with Gasteiger partial charge in [0.2, 0.25) is 0 Å². The summed E-state index contributed by atoms with van der Waals surface area (Å²) in [5.74, 6) is -0.184. The van der Waals surface area contributed by atoms with Gasteiger partial charge in [-0.25, -0.2) is 4.99 Å². The number of aromatic hydroxyl groups is 2. The Balaban J connectivity index is 2.33. The van der Waals surface area contributed by atoms with Crippen molar-refractivity contribution in [2.75, 3.05) is 0 Å². The second kappa shape index (κ2) is 3.86. The number of guanidine groups is 1. The predicted octanol–water partition coefficient (Wildman–Crippen LogP) is -0.111. The molecule has 0 fully saturated rings. The molecule has 0 radical (unpaired) electrons. The zero-order valence-electron chi connectivity index (χ0n) is 8.14. The SMILES string of the molecule is NC1=NC(c2ccc(O)c(O)c2)NC(=S)N1. The molecule has 0 bridgehead atoms. The fourth-order valence-electron chi connectivity index (χ4n) is 1.35. The van der Waals surface area contributed by atoms with Crippen molar-refractivity contribution in [1.29, 1.82) is 0 Å². The third-order valence-electron chi connectivity index (χ3n) is 2.09. The minimum absolute atomic E-state index is 0.183. The van der Waals surface area contributed by atoms with Crippen LogP contribution in [0.2, 0.25) is 0 Å². The van der Waals surface area contributed by atoms with Crippen molar-refractivity contribution in [3.05, 3.63) is 23.8 Å². The molecule has 0 spiro atoms. The summed E-state index contributed by atoms with van der Waals surface area (Å²) in [4.78, 5) is 4.07. The molecular formula is C9H10N4O2S. The lowest BCUT2D eigenvalue weighted by molar-refractivity contribution is 0.402. The summed E-state index contributed by atoms with van der Waals surface area (Å²) in [5, 5.41) is 24.4. The number of nitrogens with zero attached hydrogens (tertiary/aromatic N) is 1. The summed E-state index contributed by atoms with van der Waals surface area (Å²) >= 11 is 4.92. The van der Waals surface area contributed by atoms with Gasteiger partial charge in [0.05, 0.1) is 0 Å². The number of thiocarbonyl (C=S) groups is 1. The van der Waals surface area contributed by atoms with Gasteiger partial charge in [-0.1, -0.05) is 6.07 Å². The highest BCUT2D eigenvalue weighted by Gasteiger charge is 2.18. The fourth-order valence-corrected chi connectivity index (χ4v) is 1.56. The van der Waals surface area contributed by atoms with E-state index in [0.29, 0.717) is 10.7 Å². The average Bonchev–Trinajstić information content (AvgIpc) is 2.20. The van der Waals surface area contributed by atoms with E-state index in [0.717, 1.165) is 0 Å². The van der Waals surface area contributed by atoms with Crippen molar-refractivity contribution >= 4 is 23.3 Å². The minimum Gasteiger partial charge on any atom is -0.504 e. The number of phenolic OH excluding ortho intramolecular Hbond substituents is 2. The number of nitrogens with one attached hydrogen (secondary N) is 2. The standard InChI is InChI=1S/C9H10N4O2S/c10-8-11-7(12-9(16)13-8)4-1-2-5(14)6(15)3-4/h1-3,7,14-15H,(H4,10,11,12,13,16). The fraction of sp³-hybridized carbons (Fsp3) is 0.111. The van der Waals surface area contributed by atoms with E-state index in [-0.39, 0.29) is 17.5 Å². The Bertz CT molecular complexity index is 475. The van der Waals surface area contributed by atoms with Crippen LogP contribution in [0.5, 0.6) is 11.5 Å². The van der Waals surface area contributed by atoms with E-state index in [1.54, 1.807) is 6.07 Å². The molecule has 0 aliphatic carbocycles. The van der Waals surface area contributed by atoms with Gasteiger partial charge in [0.15, 0.2) is 22.6 Å². The summed E-state index contributed by atoms with van der Waals surface area (Å²) in [7, 11) is 0. The molecule has 1 aromatic rings. The van der Waals surface area contributed by atoms with E-state index in [1.807, 2.05) is 0 Å². The summed E-state index contributed by atoms with van der Waals surface area (Å²) in [6, 6.07) is 4.40. The van der Waals surface area contributed by atoms with Gasteiger partial charge in [-0.2, -0.15) is 0 Å². The molecule has 84 valence electrons. The van der Waals surface area contributed by atoms with Crippen LogP contribution in [-0.4, -0.2) is 21.3 Å². The Labute approximate surface area is 96.8 Å². The smallest absolute Gasteiger partial charge is 0.197 e. The van der Waals surface area contributed by atoms with Crippen molar-refractivity contribution in [3.8, 4) is 11.5 Å². The zero-order valence-corrected chi connectivity index (χ0v) is 8.95. The quantitative estimate of drug-likeness (QED) is 0.345. The number of benzene rings is 1. The number of phenols is 2. The molecule has 16 heavy (non-hydrogen) atoms. The molecule has 6 nitrogen and oxygen atoms in total. The zero-order chi connectivity index (χ0) is 11.7. The van der Waals surface area contributed by atoms with E-state index >= 15 is 0 Å². The van der Waals surface area contributed by atoms with Crippen LogP contribution in [0.15, 0.2) is 23.2 Å². The molecule has 0 saturated carbocycles. The van der Waals surface area contributed by atoms with Crippen LogP contribution in [-0.2, 0) is 0 Å². The van der Waals surface area contributed by atoms with Crippen LogP contribution < -0.4 is 16.4 Å². The first-order valence-corrected chi connectivity index (χ1v) is 4.90. The number of rotatable bonds is 1. The molecule has 1 heterocycles. The Morgan fingerprint density at radius 3 is 2.69 bits per heavy atom. The Morgan fingerprint density at radius 2 is 2.06 bits per heavy atom. The van der Waals surface area contributed by atoms with Crippen LogP contribution >= 0.6 is 12.2 Å². The molecule has 6 N–H and O–H groups in total. The Morgan fingerprint density at radius 1 is 1.31 bits per heavy atom.